The second kappa shape index (κ2) is 7.08. The number of nitrogens with zero attached hydrogens (tertiary/aromatic N) is 1. The largest absolute Gasteiger partial charge is 0.444 e. The van der Waals surface area contributed by atoms with Crippen LogP contribution in [-0.4, -0.2) is 47.2 Å². The molecular weight excluding hydrogens is 346 g/mol. The van der Waals surface area contributed by atoms with Crippen molar-refractivity contribution in [2.45, 2.75) is 64.6 Å². The van der Waals surface area contributed by atoms with E-state index in [1.165, 1.54) is 12.8 Å². The molecule has 0 radical (unpaired) electrons. The van der Waals surface area contributed by atoms with Gasteiger partial charge in [-0.05, 0) is 58.3 Å². The average Bonchev–Trinajstić information content (AvgIpc) is 3.28. The fraction of sp³-hybridized carbons (Fsp3) is 0.941. The first-order valence-electron chi connectivity index (χ1n) is 8.42. The average molecular weight is 376 g/mol. The zero-order valence-corrected chi connectivity index (χ0v) is 15.9. The van der Waals surface area contributed by atoms with Gasteiger partial charge in [-0.2, -0.15) is 0 Å². The molecule has 4 nitrogen and oxygen atoms in total. The lowest BCUT2D eigenvalue weighted by Gasteiger charge is -2.42. The number of carbonyl (C=O) groups is 1. The van der Waals surface area contributed by atoms with Gasteiger partial charge in [0.15, 0.2) is 0 Å². The van der Waals surface area contributed by atoms with Crippen LogP contribution in [0.25, 0.3) is 0 Å². The van der Waals surface area contributed by atoms with Gasteiger partial charge in [-0.25, -0.2) is 4.79 Å². The molecule has 0 aromatic rings. The molecule has 1 amide bonds. The summed E-state index contributed by atoms with van der Waals surface area (Å²) in [4.78, 5) is 14.1. The standard InChI is InChI=1S/C17H30BrNO3/c1-13(14-6-7-14)10-21-17(11-18)8-5-9-19(12-17)15(20)22-16(2,3)4/h13-14H,5-12H2,1-4H3. The van der Waals surface area contributed by atoms with Gasteiger partial charge in [0.2, 0.25) is 0 Å². The van der Waals surface area contributed by atoms with Gasteiger partial charge in [0.25, 0.3) is 0 Å². The smallest absolute Gasteiger partial charge is 0.410 e. The Bertz CT molecular complexity index is 392. The zero-order valence-electron chi connectivity index (χ0n) is 14.4. The van der Waals surface area contributed by atoms with Gasteiger partial charge in [-0.1, -0.05) is 22.9 Å². The Labute approximate surface area is 143 Å². The summed E-state index contributed by atoms with van der Waals surface area (Å²) in [6.07, 6.45) is 4.42. The molecule has 0 spiro atoms. The molecule has 128 valence electrons. The van der Waals surface area contributed by atoms with Gasteiger partial charge in [0.05, 0.1) is 18.8 Å². The molecule has 5 heteroatoms. The van der Waals surface area contributed by atoms with E-state index in [4.69, 9.17) is 9.47 Å². The monoisotopic (exact) mass is 375 g/mol. The number of rotatable bonds is 5. The summed E-state index contributed by atoms with van der Waals surface area (Å²) in [6.45, 7) is 10.1. The van der Waals surface area contributed by atoms with Crippen molar-refractivity contribution in [1.82, 2.24) is 4.90 Å². The molecule has 2 rings (SSSR count). The third-order valence-electron chi connectivity index (χ3n) is 4.51. The first-order chi connectivity index (χ1) is 10.2. The van der Waals surface area contributed by atoms with Crippen molar-refractivity contribution < 1.29 is 14.3 Å². The third-order valence-corrected chi connectivity index (χ3v) is 5.54. The molecule has 1 aliphatic heterocycles. The number of hydrogen-bond acceptors (Lipinski definition) is 3. The fourth-order valence-electron chi connectivity index (χ4n) is 2.96. The van der Waals surface area contributed by atoms with Crippen molar-refractivity contribution in [2.75, 3.05) is 25.0 Å². The second-order valence-corrected chi connectivity index (χ2v) is 8.51. The van der Waals surface area contributed by atoms with Gasteiger partial charge >= 0.3 is 6.09 Å². The Kier molecular flexibility index (Phi) is 5.81. The summed E-state index contributed by atoms with van der Waals surface area (Å²) in [5.41, 5.74) is -0.717. The Morgan fingerprint density at radius 1 is 1.41 bits per heavy atom. The summed E-state index contributed by atoms with van der Waals surface area (Å²) in [6, 6.07) is 0. The maximum atomic E-state index is 12.3. The lowest BCUT2D eigenvalue weighted by Crippen LogP contribution is -2.54. The molecule has 0 aromatic heterocycles. The van der Waals surface area contributed by atoms with Crippen LogP contribution in [0.3, 0.4) is 0 Å². The maximum Gasteiger partial charge on any atom is 0.410 e. The van der Waals surface area contributed by atoms with Gasteiger partial charge in [0, 0.05) is 11.9 Å². The number of ether oxygens (including phenoxy) is 2. The highest BCUT2D eigenvalue weighted by molar-refractivity contribution is 9.09. The summed E-state index contributed by atoms with van der Waals surface area (Å²) in [7, 11) is 0. The van der Waals surface area contributed by atoms with Gasteiger partial charge in [0.1, 0.15) is 5.60 Å². The number of amides is 1. The van der Waals surface area contributed by atoms with E-state index in [-0.39, 0.29) is 11.7 Å². The molecule has 0 aromatic carbocycles. The minimum absolute atomic E-state index is 0.226. The highest BCUT2D eigenvalue weighted by Crippen LogP contribution is 2.38. The predicted molar refractivity (Wildman–Crippen MR) is 91.4 cm³/mol. The van der Waals surface area contributed by atoms with E-state index in [9.17, 15) is 4.79 Å². The van der Waals surface area contributed by atoms with Crippen LogP contribution in [0.4, 0.5) is 4.79 Å². The molecule has 2 unspecified atom stereocenters. The quantitative estimate of drug-likeness (QED) is 0.675. The summed E-state index contributed by atoms with van der Waals surface area (Å²) < 4.78 is 11.8. The van der Waals surface area contributed by atoms with Crippen molar-refractivity contribution in [1.29, 1.82) is 0 Å². The summed E-state index contributed by atoms with van der Waals surface area (Å²) in [5.74, 6) is 1.46. The van der Waals surface area contributed by atoms with Crippen LogP contribution in [0, 0.1) is 11.8 Å². The van der Waals surface area contributed by atoms with Crippen molar-refractivity contribution in [2.24, 2.45) is 11.8 Å². The van der Waals surface area contributed by atoms with E-state index in [2.05, 4.69) is 22.9 Å². The molecular formula is C17H30BrNO3. The number of hydrogen-bond donors (Lipinski definition) is 0. The summed E-state index contributed by atoms with van der Waals surface area (Å²) in [5, 5.41) is 0.761. The van der Waals surface area contributed by atoms with Gasteiger partial charge in [-0.15, -0.1) is 0 Å². The first-order valence-corrected chi connectivity index (χ1v) is 9.55. The molecule has 2 aliphatic rings. The summed E-state index contributed by atoms with van der Waals surface area (Å²) >= 11 is 3.61. The van der Waals surface area contributed by atoms with Crippen LogP contribution in [0.15, 0.2) is 0 Å². The molecule has 0 bridgehead atoms. The van der Waals surface area contributed by atoms with Crippen molar-refractivity contribution in [3.05, 3.63) is 0 Å². The van der Waals surface area contributed by atoms with Crippen LogP contribution < -0.4 is 0 Å². The Morgan fingerprint density at radius 3 is 2.64 bits per heavy atom. The van der Waals surface area contributed by atoms with E-state index in [0.717, 1.165) is 37.2 Å². The van der Waals surface area contributed by atoms with E-state index in [1.54, 1.807) is 4.90 Å². The number of halogens is 1. The molecule has 1 aliphatic carbocycles. The minimum atomic E-state index is -0.451. The van der Waals surface area contributed by atoms with E-state index >= 15 is 0 Å². The topological polar surface area (TPSA) is 38.8 Å². The highest BCUT2D eigenvalue weighted by atomic mass is 79.9. The van der Waals surface area contributed by atoms with Crippen LogP contribution in [0.2, 0.25) is 0 Å². The SMILES string of the molecule is CC(COC1(CBr)CCCN(C(=O)OC(C)(C)C)C1)C1CC1. The van der Waals surface area contributed by atoms with Crippen molar-refractivity contribution in [3.8, 4) is 0 Å². The Hall–Kier alpha value is -0.290. The van der Waals surface area contributed by atoms with Crippen LogP contribution in [-0.2, 0) is 9.47 Å². The van der Waals surface area contributed by atoms with Crippen LogP contribution >= 0.6 is 15.9 Å². The Balaban J connectivity index is 1.91. The minimum Gasteiger partial charge on any atom is -0.444 e. The molecule has 1 saturated carbocycles. The lowest BCUT2D eigenvalue weighted by atomic mass is 9.94. The normalized spacial score (nSPS) is 27.6. The number of alkyl halides is 1. The molecule has 2 fully saturated rings. The Morgan fingerprint density at radius 2 is 2.09 bits per heavy atom. The van der Waals surface area contributed by atoms with E-state index < -0.39 is 5.60 Å². The highest BCUT2D eigenvalue weighted by Gasteiger charge is 2.40. The van der Waals surface area contributed by atoms with E-state index in [0.29, 0.717) is 12.5 Å². The van der Waals surface area contributed by atoms with Crippen molar-refractivity contribution in [3.63, 3.8) is 0 Å². The maximum absolute atomic E-state index is 12.3. The molecule has 2 atom stereocenters. The number of carbonyl (C=O) groups excluding carboxylic acids is 1. The predicted octanol–water partition coefficient (Wildman–Crippen LogP) is 4.21. The molecule has 1 saturated heterocycles. The molecule has 1 heterocycles. The molecule has 0 N–H and O–H groups in total. The lowest BCUT2D eigenvalue weighted by molar-refractivity contribution is -0.0866. The van der Waals surface area contributed by atoms with Gasteiger partial charge < -0.3 is 14.4 Å². The first kappa shape index (κ1) is 18.1. The van der Waals surface area contributed by atoms with E-state index in [1.807, 2.05) is 20.8 Å². The van der Waals surface area contributed by atoms with Crippen LogP contribution in [0.5, 0.6) is 0 Å². The van der Waals surface area contributed by atoms with Crippen molar-refractivity contribution >= 4 is 22.0 Å². The third kappa shape index (κ3) is 5.12. The molecule has 22 heavy (non-hydrogen) atoms. The number of piperidine rings is 1. The van der Waals surface area contributed by atoms with Crippen LogP contribution in [0.1, 0.15) is 53.4 Å². The fourth-order valence-corrected chi connectivity index (χ4v) is 3.57. The number of likely N-dealkylation sites (tertiary alicyclic amines) is 1. The van der Waals surface area contributed by atoms with Gasteiger partial charge in [-0.3, -0.25) is 0 Å². The second-order valence-electron chi connectivity index (χ2n) is 7.95. The zero-order chi connectivity index (χ0) is 16.4.